The largest absolute Gasteiger partial charge is 0.349 e. The zero-order chi connectivity index (χ0) is 24.6. The number of Topliss-reactive ketones (excluding diaryl/α,β-unsaturated/α-hetero) is 2. The van der Waals surface area contributed by atoms with Gasteiger partial charge in [-0.2, -0.15) is 0 Å². The number of amides is 2. The van der Waals surface area contributed by atoms with Crippen molar-refractivity contribution in [2.75, 3.05) is 4.90 Å². The van der Waals surface area contributed by atoms with E-state index in [1.54, 1.807) is 37.3 Å². The number of anilines is 1. The minimum absolute atomic E-state index is 0.154. The molecule has 1 aliphatic carbocycles. The zero-order valence-corrected chi connectivity index (χ0v) is 18.9. The summed E-state index contributed by atoms with van der Waals surface area (Å²) in [6.07, 6.45) is -1.03. The summed E-state index contributed by atoms with van der Waals surface area (Å²) < 4.78 is 21.1. The second kappa shape index (κ2) is 7.26. The molecule has 6 nitrogen and oxygen atoms in total. The van der Waals surface area contributed by atoms with E-state index in [2.05, 4.69) is 0 Å². The Morgan fingerprint density at radius 2 is 1.40 bits per heavy atom. The van der Waals surface area contributed by atoms with Gasteiger partial charge < -0.3 is 4.74 Å². The summed E-state index contributed by atoms with van der Waals surface area (Å²) in [5.41, 5.74) is 0.0868. The molecule has 0 saturated carbocycles. The Labute approximate surface area is 200 Å². The third-order valence-electron chi connectivity index (χ3n) is 7.27. The van der Waals surface area contributed by atoms with Crippen LogP contribution in [0.25, 0.3) is 0 Å². The van der Waals surface area contributed by atoms with Crippen LogP contribution >= 0.6 is 0 Å². The Bertz CT molecular complexity index is 1430. The van der Waals surface area contributed by atoms with Gasteiger partial charge >= 0.3 is 0 Å². The number of rotatable bonds is 2. The van der Waals surface area contributed by atoms with Gasteiger partial charge in [0, 0.05) is 11.1 Å². The van der Waals surface area contributed by atoms with Crippen LogP contribution in [0.5, 0.6) is 0 Å². The summed E-state index contributed by atoms with van der Waals surface area (Å²) in [6, 6.07) is 17.6. The third kappa shape index (κ3) is 2.73. The minimum atomic E-state index is -2.17. The maximum atomic E-state index is 14.9. The zero-order valence-electron chi connectivity index (χ0n) is 18.9. The van der Waals surface area contributed by atoms with Gasteiger partial charge in [-0.1, -0.05) is 60.2 Å². The van der Waals surface area contributed by atoms with Gasteiger partial charge in [0.1, 0.15) is 5.82 Å². The molecule has 35 heavy (non-hydrogen) atoms. The van der Waals surface area contributed by atoms with Gasteiger partial charge in [-0.15, -0.1) is 0 Å². The fourth-order valence-electron chi connectivity index (χ4n) is 5.60. The first-order valence-electron chi connectivity index (χ1n) is 11.3. The summed E-state index contributed by atoms with van der Waals surface area (Å²) in [5.74, 6) is -6.10. The Morgan fingerprint density at radius 1 is 0.800 bits per heavy atom. The maximum Gasteiger partial charge on any atom is 0.241 e. The molecule has 0 unspecified atom stereocenters. The van der Waals surface area contributed by atoms with Crippen molar-refractivity contribution in [1.29, 1.82) is 0 Å². The lowest BCUT2D eigenvalue weighted by Crippen LogP contribution is -2.51. The van der Waals surface area contributed by atoms with E-state index < -0.39 is 52.7 Å². The summed E-state index contributed by atoms with van der Waals surface area (Å²) in [5, 5.41) is 0. The van der Waals surface area contributed by atoms with Crippen LogP contribution in [-0.2, 0) is 14.3 Å². The number of fused-ring (bicyclic) bond motifs is 3. The van der Waals surface area contributed by atoms with E-state index in [-0.39, 0.29) is 16.8 Å². The number of ether oxygens (including phenoxy) is 1. The van der Waals surface area contributed by atoms with Crippen molar-refractivity contribution in [3.63, 3.8) is 0 Å². The van der Waals surface area contributed by atoms with Crippen LogP contribution in [0.15, 0.2) is 66.7 Å². The van der Waals surface area contributed by atoms with Gasteiger partial charge in [-0.05, 0) is 37.1 Å². The van der Waals surface area contributed by atoms with Crippen molar-refractivity contribution in [2.45, 2.75) is 25.6 Å². The van der Waals surface area contributed by atoms with Crippen molar-refractivity contribution in [2.24, 2.45) is 11.8 Å². The smallest absolute Gasteiger partial charge is 0.241 e. The highest BCUT2D eigenvalue weighted by atomic mass is 19.1. The van der Waals surface area contributed by atoms with Gasteiger partial charge in [0.05, 0.1) is 23.6 Å². The number of ketones is 2. The number of halogens is 1. The van der Waals surface area contributed by atoms with Gasteiger partial charge in [-0.25, -0.2) is 9.29 Å². The predicted molar refractivity (Wildman–Crippen MR) is 123 cm³/mol. The van der Waals surface area contributed by atoms with E-state index in [9.17, 15) is 23.6 Å². The van der Waals surface area contributed by atoms with E-state index in [1.165, 1.54) is 24.3 Å². The van der Waals surface area contributed by atoms with E-state index in [1.807, 2.05) is 19.1 Å². The van der Waals surface area contributed by atoms with E-state index in [4.69, 9.17) is 4.74 Å². The standard InChI is InChI=1S/C28H20FNO5/c1-14-7-10-16(11-8-14)23-21-22(27(34)30(26(21)33)20-12-9-15(2)13-19(20)29)28(35-23)24(31)17-5-3-4-6-18(17)25(28)32/h3-13,21-23H,1-2H3/t21-,22-,23-/m1/s1. The van der Waals surface area contributed by atoms with E-state index in [0.717, 1.165) is 10.5 Å². The molecule has 2 heterocycles. The SMILES string of the molecule is Cc1ccc([C@H]2OC3(C(=O)c4ccccc4C3=O)[C@H]3C(=O)N(c4ccc(C)cc4F)C(=O)[C@@H]23)cc1. The molecule has 0 bridgehead atoms. The van der Waals surface area contributed by atoms with Crippen LogP contribution in [0.2, 0.25) is 0 Å². The van der Waals surface area contributed by atoms with Crippen LogP contribution in [0.3, 0.4) is 0 Å². The van der Waals surface area contributed by atoms with Gasteiger partial charge in [0.15, 0.2) is 0 Å². The number of aryl methyl sites for hydroxylation is 2. The lowest BCUT2D eigenvalue weighted by atomic mass is 9.77. The molecule has 2 amide bonds. The normalized spacial score (nSPS) is 24.4. The first-order valence-corrected chi connectivity index (χ1v) is 11.3. The number of imide groups is 1. The Balaban J connectivity index is 1.55. The first kappa shape index (κ1) is 21.6. The van der Waals surface area contributed by atoms with Crippen LogP contribution in [0.1, 0.15) is 43.5 Å². The summed E-state index contributed by atoms with van der Waals surface area (Å²) in [6.45, 7) is 3.59. The third-order valence-corrected chi connectivity index (χ3v) is 7.27. The van der Waals surface area contributed by atoms with Crippen molar-refractivity contribution < 1.29 is 28.3 Å². The summed E-state index contributed by atoms with van der Waals surface area (Å²) in [4.78, 5) is 55.8. The Kier molecular flexibility index (Phi) is 4.47. The van der Waals surface area contributed by atoms with Gasteiger partial charge in [0.2, 0.25) is 29.0 Å². The molecule has 174 valence electrons. The number of carbonyl (C=O) groups is 4. The molecular formula is C28H20FNO5. The van der Waals surface area contributed by atoms with Crippen molar-refractivity contribution in [3.05, 3.63) is 100 Å². The minimum Gasteiger partial charge on any atom is -0.349 e. The summed E-state index contributed by atoms with van der Waals surface area (Å²) in [7, 11) is 0. The molecule has 3 aliphatic rings. The second-order valence-electron chi connectivity index (χ2n) is 9.36. The molecule has 6 rings (SSSR count). The Hall–Kier alpha value is -3.97. The van der Waals surface area contributed by atoms with Crippen molar-refractivity contribution in [3.8, 4) is 0 Å². The number of hydrogen-bond donors (Lipinski definition) is 0. The number of carbonyl (C=O) groups excluding carboxylic acids is 4. The Morgan fingerprint density at radius 3 is 2.00 bits per heavy atom. The highest BCUT2D eigenvalue weighted by Gasteiger charge is 2.74. The average Bonchev–Trinajstić information content (AvgIpc) is 3.40. The molecule has 3 aromatic carbocycles. The van der Waals surface area contributed by atoms with Crippen LogP contribution in [0, 0.1) is 31.5 Å². The lowest BCUT2D eigenvalue weighted by Gasteiger charge is -2.27. The highest BCUT2D eigenvalue weighted by molar-refractivity contribution is 6.37. The molecular weight excluding hydrogens is 449 g/mol. The molecule has 0 radical (unpaired) electrons. The molecule has 2 saturated heterocycles. The average molecular weight is 469 g/mol. The molecule has 0 N–H and O–H groups in total. The van der Waals surface area contributed by atoms with Gasteiger partial charge in [0.25, 0.3) is 0 Å². The summed E-state index contributed by atoms with van der Waals surface area (Å²) >= 11 is 0. The monoisotopic (exact) mass is 469 g/mol. The second-order valence-corrected chi connectivity index (χ2v) is 9.36. The molecule has 2 aliphatic heterocycles. The van der Waals surface area contributed by atoms with Crippen molar-refractivity contribution >= 4 is 29.1 Å². The molecule has 3 aromatic rings. The highest BCUT2D eigenvalue weighted by Crippen LogP contribution is 2.57. The topological polar surface area (TPSA) is 80.8 Å². The fraction of sp³-hybridized carbons (Fsp3) is 0.214. The molecule has 2 fully saturated rings. The molecule has 0 aromatic heterocycles. The molecule has 3 atom stereocenters. The fourth-order valence-corrected chi connectivity index (χ4v) is 5.60. The maximum absolute atomic E-state index is 14.9. The van der Waals surface area contributed by atoms with Gasteiger partial charge in [-0.3, -0.25) is 19.2 Å². The number of nitrogens with zero attached hydrogens (tertiary/aromatic N) is 1. The van der Waals surface area contributed by atoms with Crippen LogP contribution in [0.4, 0.5) is 10.1 Å². The quantitative estimate of drug-likeness (QED) is 0.416. The van der Waals surface area contributed by atoms with Crippen LogP contribution in [-0.4, -0.2) is 29.0 Å². The predicted octanol–water partition coefficient (Wildman–Crippen LogP) is 4.14. The van der Waals surface area contributed by atoms with Crippen LogP contribution < -0.4 is 4.90 Å². The number of benzene rings is 3. The molecule has 7 heteroatoms. The lowest BCUT2D eigenvalue weighted by molar-refractivity contribution is -0.127. The number of hydrogen-bond acceptors (Lipinski definition) is 5. The van der Waals surface area contributed by atoms with E-state index >= 15 is 0 Å². The first-order chi connectivity index (χ1) is 16.8. The van der Waals surface area contributed by atoms with Crippen molar-refractivity contribution in [1.82, 2.24) is 0 Å². The molecule has 1 spiro atoms. The van der Waals surface area contributed by atoms with E-state index in [0.29, 0.717) is 11.1 Å².